The van der Waals surface area contributed by atoms with Crippen LogP contribution in [0, 0.1) is 5.92 Å². The lowest BCUT2D eigenvalue weighted by atomic mass is 9.91. The number of nitrogens with zero attached hydrogens (tertiary/aromatic N) is 3. The van der Waals surface area contributed by atoms with Crippen molar-refractivity contribution in [3.8, 4) is 5.75 Å². The summed E-state index contributed by atoms with van der Waals surface area (Å²) in [4.78, 5) is 4.62. The number of benzene rings is 2. The van der Waals surface area contributed by atoms with E-state index in [1.54, 1.807) is 0 Å². The molecule has 1 aliphatic carbocycles. The van der Waals surface area contributed by atoms with E-state index in [0.29, 0.717) is 6.42 Å². The summed E-state index contributed by atoms with van der Waals surface area (Å²) in [5.74, 6) is 1.50. The fraction of sp³-hybridized carbons (Fsp3) is 0.375. The summed E-state index contributed by atoms with van der Waals surface area (Å²) in [7, 11) is 2.04. The van der Waals surface area contributed by atoms with E-state index in [-0.39, 0.29) is 18.8 Å². The van der Waals surface area contributed by atoms with Crippen LogP contribution in [-0.4, -0.2) is 42.9 Å². The summed E-state index contributed by atoms with van der Waals surface area (Å²) in [5, 5.41) is 14.2. The quantitative estimate of drug-likeness (QED) is 0.596. The number of halogens is 1. The van der Waals surface area contributed by atoms with Crippen LogP contribution in [0.2, 0.25) is 0 Å². The van der Waals surface area contributed by atoms with Crippen molar-refractivity contribution in [2.45, 2.75) is 31.4 Å². The number of fused-ring (bicyclic) bond motifs is 1. The van der Waals surface area contributed by atoms with Crippen LogP contribution in [0.3, 0.4) is 0 Å². The Bertz CT molecular complexity index is 1010. The number of dihydropyridines is 1. The highest BCUT2D eigenvalue weighted by Gasteiger charge is 2.33. The zero-order chi connectivity index (χ0) is 21.4. The molecule has 2 N–H and O–H groups in total. The highest BCUT2D eigenvalue weighted by Crippen LogP contribution is 2.46. The van der Waals surface area contributed by atoms with Gasteiger partial charge in [-0.3, -0.25) is 15.4 Å². The van der Waals surface area contributed by atoms with Gasteiger partial charge >= 0.3 is 0 Å². The summed E-state index contributed by atoms with van der Waals surface area (Å²) in [6.45, 7) is 1.09. The molecule has 2 aliphatic heterocycles. The van der Waals surface area contributed by atoms with Gasteiger partial charge in [0, 0.05) is 32.1 Å². The summed E-state index contributed by atoms with van der Waals surface area (Å²) in [5.41, 5.74) is 7.74. The van der Waals surface area contributed by atoms with Crippen molar-refractivity contribution in [2.75, 3.05) is 30.6 Å². The lowest BCUT2D eigenvalue weighted by Gasteiger charge is -2.25. The Balaban J connectivity index is 1.28. The molecule has 1 fully saturated rings. The van der Waals surface area contributed by atoms with Crippen LogP contribution in [0.5, 0.6) is 5.75 Å². The summed E-state index contributed by atoms with van der Waals surface area (Å²) < 4.78 is 7.13. The maximum absolute atomic E-state index is 9.91. The Morgan fingerprint density at radius 3 is 2.71 bits per heavy atom. The van der Waals surface area contributed by atoms with Crippen LogP contribution >= 0.6 is 15.9 Å². The van der Waals surface area contributed by atoms with E-state index in [0.717, 1.165) is 45.2 Å². The van der Waals surface area contributed by atoms with Crippen molar-refractivity contribution in [3.63, 3.8) is 0 Å². The molecule has 7 heteroatoms. The maximum Gasteiger partial charge on any atom is 0.193 e. The molecule has 0 bridgehead atoms. The standard InChI is InChI=1S/C24H27BrN4O2/c1-28-27-24-20(29(28)14-16-7-8-16)10-11-21(23(24)25)31-22-12-9-18(13-26-22)19(15-30)17-5-3-2-4-6-17/h2-6,9-11,13,16,19,22,27,30H,7-8,12,14-15H2,1H3. The minimum atomic E-state index is -0.282. The molecular formula is C24H27BrN4O2. The lowest BCUT2D eigenvalue weighted by Crippen LogP contribution is -2.39. The van der Waals surface area contributed by atoms with Gasteiger partial charge in [0.15, 0.2) is 6.23 Å². The van der Waals surface area contributed by atoms with Crippen LogP contribution in [0.15, 0.2) is 63.6 Å². The van der Waals surface area contributed by atoms with Gasteiger partial charge in [-0.1, -0.05) is 36.4 Å². The molecule has 0 saturated heterocycles. The van der Waals surface area contributed by atoms with E-state index in [1.165, 1.54) is 12.8 Å². The van der Waals surface area contributed by atoms with Crippen molar-refractivity contribution in [2.24, 2.45) is 10.9 Å². The first-order valence-electron chi connectivity index (χ1n) is 10.8. The van der Waals surface area contributed by atoms with Gasteiger partial charge in [-0.05, 0) is 58.0 Å². The van der Waals surface area contributed by atoms with E-state index in [1.807, 2.05) is 54.8 Å². The summed E-state index contributed by atoms with van der Waals surface area (Å²) in [6.07, 6.45) is 6.98. The van der Waals surface area contributed by atoms with E-state index < -0.39 is 0 Å². The van der Waals surface area contributed by atoms with Gasteiger partial charge in [0.05, 0.1) is 22.5 Å². The van der Waals surface area contributed by atoms with Crippen molar-refractivity contribution >= 4 is 33.5 Å². The smallest absolute Gasteiger partial charge is 0.193 e. The zero-order valence-electron chi connectivity index (χ0n) is 17.5. The van der Waals surface area contributed by atoms with Gasteiger partial charge in [0.1, 0.15) is 5.75 Å². The molecule has 2 atom stereocenters. The van der Waals surface area contributed by atoms with E-state index >= 15 is 0 Å². The number of aliphatic hydroxyl groups excluding tert-OH is 1. The fourth-order valence-electron chi connectivity index (χ4n) is 4.17. The topological polar surface area (TPSA) is 60.3 Å². The molecule has 31 heavy (non-hydrogen) atoms. The molecule has 0 amide bonds. The predicted octanol–water partition coefficient (Wildman–Crippen LogP) is 4.73. The van der Waals surface area contributed by atoms with Crippen LogP contribution in [0.1, 0.15) is 30.7 Å². The molecule has 0 radical (unpaired) electrons. The molecule has 0 aromatic heterocycles. The van der Waals surface area contributed by atoms with Gasteiger partial charge in [-0.25, -0.2) is 0 Å². The van der Waals surface area contributed by atoms with Crippen molar-refractivity contribution in [3.05, 3.63) is 64.1 Å². The van der Waals surface area contributed by atoms with Crippen LogP contribution in [-0.2, 0) is 0 Å². The number of nitrogens with one attached hydrogen (secondary N) is 1. The first-order chi connectivity index (χ1) is 15.1. The van der Waals surface area contributed by atoms with Gasteiger partial charge < -0.3 is 9.84 Å². The second kappa shape index (κ2) is 8.65. The predicted molar refractivity (Wildman–Crippen MR) is 127 cm³/mol. The number of hydrogen-bond donors (Lipinski definition) is 2. The van der Waals surface area contributed by atoms with E-state index in [2.05, 4.69) is 43.5 Å². The second-order valence-electron chi connectivity index (χ2n) is 8.37. The Morgan fingerprint density at radius 2 is 2.03 bits per heavy atom. The average Bonchev–Trinajstić information content (AvgIpc) is 3.56. The van der Waals surface area contributed by atoms with Crippen LogP contribution in [0.25, 0.3) is 0 Å². The minimum absolute atomic E-state index is 0.0559. The number of aliphatic hydroxyl groups is 1. The third kappa shape index (κ3) is 4.22. The molecule has 5 rings (SSSR count). The van der Waals surface area contributed by atoms with Crippen LogP contribution in [0.4, 0.5) is 11.4 Å². The zero-order valence-corrected chi connectivity index (χ0v) is 19.1. The average molecular weight is 483 g/mol. The molecule has 2 aromatic carbocycles. The fourth-order valence-corrected chi connectivity index (χ4v) is 4.69. The summed E-state index contributed by atoms with van der Waals surface area (Å²) >= 11 is 3.73. The van der Waals surface area contributed by atoms with Gasteiger partial charge in [0.25, 0.3) is 0 Å². The number of hydrazine groups is 2. The molecule has 2 heterocycles. The molecule has 1 saturated carbocycles. The Morgan fingerprint density at radius 1 is 1.23 bits per heavy atom. The molecular weight excluding hydrogens is 456 g/mol. The van der Waals surface area contributed by atoms with Crippen molar-refractivity contribution in [1.82, 2.24) is 5.12 Å². The van der Waals surface area contributed by atoms with E-state index in [4.69, 9.17) is 4.74 Å². The number of anilines is 2. The third-order valence-corrected chi connectivity index (χ3v) is 6.91. The largest absolute Gasteiger partial charge is 0.467 e. The molecule has 2 aromatic rings. The van der Waals surface area contributed by atoms with Gasteiger partial charge in [-0.2, -0.15) is 0 Å². The number of rotatable bonds is 7. The first-order valence-corrected chi connectivity index (χ1v) is 11.6. The number of hydrogen-bond acceptors (Lipinski definition) is 6. The highest BCUT2D eigenvalue weighted by atomic mass is 79.9. The van der Waals surface area contributed by atoms with Gasteiger partial charge in [-0.15, -0.1) is 5.12 Å². The molecule has 3 aliphatic rings. The SMILES string of the molecule is CN1Nc2c(ccc(OC3CC=C(C(CO)c4ccccc4)C=N3)c2Br)N1CC1CC1. The normalized spacial score (nSPS) is 21.5. The first kappa shape index (κ1) is 20.5. The van der Waals surface area contributed by atoms with Gasteiger partial charge in [0.2, 0.25) is 0 Å². The summed E-state index contributed by atoms with van der Waals surface area (Å²) in [6, 6.07) is 14.2. The Hall–Kier alpha value is -2.35. The molecule has 0 spiro atoms. The van der Waals surface area contributed by atoms with E-state index in [9.17, 15) is 5.11 Å². The number of ether oxygens (including phenoxy) is 1. The number of aliphatic imine (C=N–C) groups is 1. The lowest BCUT2D eigenvalue weighted by molar-refractivity contribution is 0.212. The molecule has 2 unspecified atom stereocenters. The minimum Gasteiger partial charge on any atom is -0.467 e. The molecule has 162 valence electrons. The molecule has 6 nitrogen and oxygen atoms in total. The van der Waals surface area contributed by atoms with Crippen molar-refractivity contribution in [1.29, 1.82) is 0 Å². The highest BCUT2D eigenvalue weighted by molar-refractivity contribution is 9.10. The second-order valence-corrected chi connectivity index (χ2v) is 9.16. The monoisotopic (exact) mass is 482 g/mol. The van der Waals surface area contributed by atoms with Crippen molar-refractivity contribution < 1.29 is 9.84 Å². The maximum atomic E-state index is 9.91. The Kier molecular flexibility index (Phi) is 5.73. The van der Waals surface area contributed by atoms with Crippen LogP contribution < -0.4 is 15.2 Å². The third-order valence-electron chi connectivity index (χ3n) is 6.12. The Labute approximate surface area is 191 Å².